The second-order valence-electron chi connectivity index (χ2n) is 5.50. The molecular formula is C17H21Cl2NO5. The number of halogens is 2. The number of ether oxygens (including phenoxy) is 1. The fourth-order valence-electron chi connectivity index (χ4n) is 2.64. The Morgan fingerprint density at radius 2 is 1.88 bits per heavy atom. The third kappa shape index (κ3) is 7.88. The number of rotatable bonds is 5. The van der Waals surface area contributed by atoms with E-state index in [9.17, 15) is 9.59 Å². The van der Waals surface area contributed by atoms with E-state index >= 15 is 0 Å². The standard InChI is InChI=1S/C13H17Cl2NO.C4H4O4/c1-17-8-10-7-16-5-4-11(10)9-2-3-12(14)13(15)6-9;5-3(6)1-2-4(7)8/h2-3,6,10-11,16H,4-5,7-8H2,1H3;1-2H,(H,5,6)(H,7,8)/t10-,11-;/m0./s1. The number of carboxylic acid groups (broad SMARTS) is 2. The van der Waals surface area contributed by atoms with Gasteiger partial charge in [0.1, 0.15) is 0 Å². The molecule has 0 unspecified atom stereocenters. The fraction of sp³-hybridized carbons (Fsp3) is 0.412. The Bertz CT molecular complexity index is 603. The molecule has 1 saturated heterocycles. The number of piperidine rings is 1. The summed E-state index contributed by atoms with van der Waals surface area (Å²) in [6.45, 7) is 2.82. The maximum absolute atomic E-state index is 9.55. The molecular weight excluding hydrogens is 369 g/mol. The highest BCUT2D eigenvalue weighted by molar-refractivity contribution is 6.42. The monoisotopic (exact) mass is 389 g/mol. The van der Waals surface area contributed by atoms with Crippen molar-refractivity contribution in [3.8, 4) is 0 Å². The van der Waals surface area contributed by atoms with Crippen molar-refractivity contribution in [1.82, 2.24) is 5.32 Å². The van der Waals surface area contributed by atoms with Crippen LogP contribution in [0.5, 0.6) is 0 Å². The molecule has 8 heteroatoms. The number of carbonyl (C=O) groups is 2. The first kappa shape index (κ1) is 21.4. The predicted octanol–water partition coefficient (Wildman–Crippen LogP) is 3.04. The molecule has 25 heavy (non-hydrogen) atoms. The van der Waals surface area contributed by atoms with E-state index in [4.69, 9.17) is 38.2 Å². The quantitative estimate of drug-likeness (QED) is 0.669. The molecule has 1 heterocycles. The average molecular weight is 390 g/mol. The first-order valence-electron chi connectivity index (χ1n) is 7.63. The lowest BCUT2D eigenvalue weighted by atomic mass is 9.81. The summed E-state index contributed by atoms with van der Waals surface area (Å²) in [5.74, 6) is -1.50. The maximum Gasteiger partial charge on any atom is 0.328 e. The molecule has 1 aromatic rings. The molecule has 3 N–H and O–H groups in total. The van der Waals surface area contributed by atoms with Crippen LogP contribution in [-0.2, 0) is 14.3 Å². The van der Waals surface area contributed by atoms with Gasteiger partial charge in [0.2, 0.25) is 0 Å². The van der Waals surface area contributed by atoms with E-state index in [1.165, 1.54) is 5.56 Å². The molecule has 0 saturated carbocycles. The van der Waals surface area contributed by atoms with E-state index in [2.05, 4.69) is 11.4 Å². The van der Waals surface area contributed by atoms with Gasteiger partial charge in [0.25, 0.3) is 0 Å². The Morgan fingerprint density at radius 1 is 1.24 bits per heavy atom. The molecule has 2 rings (SSSR count). The first-order chi connectivity index (χ1) is 11.8. The van der Waals surface area contributed by atoms with Gasteiger partial charge in [0.15, 0.2) is 0 Å². The highest BCUT2D eigenvalue weighted by Crippen LogP contribution is 2.34. The number of hydrogen-bond donors (Lipinski definition) is 3. The number of aliphatic carboxylic acids is 2. The van der Waals surface area contributed by atoms with Gasteiger partial charge in [-0.3, -0.25) is 0 Å². The molecule has 0 aromatic heterocycles. The topological polar surface area (TPSA) is 95.9 Å². The van der Waals surface area contributed by atoms with Crippen molar-refractivity contribution in [2.45, 2.75) is 12.3 Å². The summed E-state index contributed by atoms with van der Waals surface area (Å²) in [6, 6.07) is 5.94. The largest absolute Gasteiger partial charge is 0.478 e. The van der Waals surface area contributed by atoms with Crippen molar-refractivity contribution in [2.24, 2.45) is 5.92 Å². The predicted molar refractivity (Wildman–Crippen MR) is 96.5 cm³/mol. The molecule has 138 valence electrons. The van der Waals surface area contributed by atoms with Crippen LogP contribution in [0.15, 0.2) is 30.4 Å². The summed E-state index contributed by atoms with van der Waals surface area (Å²) >= 11 is 12.0. The molecule has 0 aliphatic carbocycles. The van der Waals surface area contributed by atoms with Crippen molar-refractivity contribution in [3.05, 3.63) is 46.0 Å². The lowest BCUT2D eigenvalue weighted by molar-refractivity contribution is -0.134. The van der Waals surface area contributed by atoms with Crippen LogP contribution in [0.1, 0.15) is 17.9 Å². The molecule has 1 aromatic carbocycles. The minimum atomic E-state index is -1.26. The van der Waals surface area contributed by atoms with Gasteiger partial charge in [-0.1, -0.05) is 29.3 Å². The van der Waals surface area contributed by atoms with Crippen LogP contribution in [-0.4, -0.2) is 49.0 Å². The van der Waals surface area contributed by atoms with Gasteiger partial charge in [-0.2, -0.15) is 0 Å². The lowest BCUT2D eigenvalue weighted by Crippen LogP contribution is -2.37. The molecule has 0 amide bonds. The summed E-state index contributed by atoms with van der Waals surface area (Å²) in [5, 5.41) is 20.3. The van der Waals surface area contributed by atoms with Gasteiger partial charge >= 0.3 is 11.9 Å². The normalized spacial score (nSPS) is 20.0. The summed E-state index contributed by atoms with van der Waals surface area (Å²) in [4.78, 5) is 19.1. The molecule has 2 atom stereocenters. The van der Waals surface area contributed by atoms with E-state index in [0.29, 0.717) is 34.0 Å². The summed E-state index contributed by atoms with van der Waals surface area (Å²) in [6.07, 6.45) is 2.23. The minimum Gasteiger partial charge on any atom is -0.478 e. The Labute approximate surface area is 156 Å². The van der Waals surface area contributed by atoms with Gasteiger partial charge in [-0.15, -0.1) is 0 Å². The van der Waals surface area contributed by atoms with Crippen molar-refractivity contribution < 1.29 is 24.5 Å². The summed E-state index contributed by atoms with van der Waals surface area (Å²) in [5.41, 5.74) is 1.27. The first-order valence-corrected chi connectivity index (χ1v) is 8.39. The molecule has 0 spiro atoms. The minimum absolute atomic E-state index is 0.506. The molecule has 1 fully saturated rings. The van der Waals surface area contributed by atoms with Gasteiger partial charge in [0, 0.05) is 31.7 Å². The highest BCUT2D eigenvalue weighted by Gasteiger charge is 2.26. The van der Waals surface area contributed by atoms with Crippen LogP contribution in [0.25, 0.3) is 0 Å². The van der Waals surface area contributed by atoms with E-state index in [0.717, 1.165) is 26.1 Å². The van der Waals surface area contributed by atoms with Gasteiger partial charge in [-0.05, 0) is 36.6 Å². The fourth-order valence-corrected chi connectivity index (χ4v) is 2.94. The van der Waals surface area contributed by atoms with E-state index in [-0.39, 0.29) is 0 Å². The SMILES string of the molecule is COC[C@@H]1CNCC[C@H]1c1ccc(Cl)c(Cl)c1.O=C(O)C=CC(=O)O. The van der Waals surface area contributed by atoms with E-state index in [1.54, 1.807) is 7.11 Å². The molecule has 6 nitrogen and oxygen atoms in total. The van der Waals surface area contributed by atoms with Gasteiger partial charge < -0.3 is 20.3 Å². The van der Waals surface area contributed by atoms with E-state index < -0.39 is 11.9 Å². The van der Waals surface area contributed by atoms with Crippen LogP contribution in [0, 0.1) is 5.92 Å². The van der Waals surface area contributed by atoms with Gasteiger partial charge in [0.05, 0.1) is 16.7 Å². The number of nitrogens with one attached hydrogen (secondary N) is 1. The van der Waals surface area contributed by atoms with Crippen LogP contribution in [0.4, 0.5) is 0 Å². The van der Waals surface area contributed by atoms with E-state index in [1.807, 2.05) is 12.1 Å². The zero-order chi connectivity index (χ0) is 18.8. The van der Waals surface area contributed by atoms with Gasteiger partial charge in [-0.25, -0.2) is 9.59 Å². The van der Waals surface area contributed by atoms with Crippen molar-refractivity contribution in [2.75, 3.05) is 26.8 Å². The number of methoxy groups -OCH3 is 1. The second kappa shape index (κ2) is 11.1. The number of benzene rings is 1. The zero-order valence-corrected chi connectivity index (χ0v) is 15.3. The third-order valence-electron chi connectivity index (χ3n) is 3.73. The smallest absolute Gasteiger partial charge is 0.328 e. The zero-order valence-electron chi connectivity index (χ0n) is 13.7. The Kier molecular flexibility index (Phi) is 9.52. The summed E-state index contributed by atoms with van der Waals surface area (Å²) in [7, 11) is 1.75. The van der Waals surface area contributed by atoms with Crippen molar-refractivity contribution >= 4 is 35.1 Å². The van der Waals surface area contributed by atoms with Crippen molar-refractivity contribution in [1.29, 1.82) is 0 Å². The Morgan fingerprint density at radius 3 is 2.40 bits per heavy atom. The summed E-state index contributed by atoms with van der Waals surface area (Å²) < 4.78 is 5.29. The molecule has 1 aliphatic heterocycles. The Balaban J connectivity index is 0.000000333. The Hall–Kier alpha value is -1.60. The lowest BCUT2D eigenvalue weighted by Gasteiger charge is -2.32. The highest BCUT2D eigenvalue weighted by atomic mass is 35.5. The van der Waals surface area contributed by atoms with Crippen LogP contribution in [0.2, 0.25) is 10.0 Å². The number of carboxylic acids is 2. The average Bonchev–Trinajstić information content (AvgIpc) is 2.57. The molecule has 0 bridgehead atoms. The number of hydrogen-bond acceptors (Lipinski definition) is 4. The van der Waals surface area contributed by atoms with Crippen LogP contribution < -0.4 is 5.32 Å². The molecule has 0 radical (unpaired) electrons. The second-order valence-corrected chi connectivity index (χ2v) is 6.31. The van der Waals surface area contributed by atoms with Crippen molar-refractivity contribution in [3.63, 3.8) is 0 Å². The van der Waals surface area contributed by atoms with Crippen LogP contribution in [0.3, 0.4) is 0 Å². The maximum atomic E-state index is 9.55. The van der Waals surface area contributed by atoms with Crippen LogP contribution >= 0.6 is 23.2 Å². The third-order valence-corrected chi connectivity index (χ3v) is 4.47. The molecule has 1 aliphatic rings.